The van der Waals surface area contributed by atoms with Crippen LogP contribution in [0.3, 0.4) is 0 Å². The minimum absolute atomic E-state index is 0.109. The number of carbonyl (C=O) groups excluding carboxylic acids is 1. The van der Waals surface area contributed by atoms with Gasteiger partial charge >= 0.3 is 0 Å². The molecular weight excluding hydrogens is 328 g/mol. The summed E-state index contributed by atoms with van der Waals surface area (Å²) in [6.45, 7) is 2.04. The average Bonchev–Trinajstić information content (AvgIpc) is 2.98. The van der Waals surface area contributed by atoms with Crippen molar-refractivity contribution in [1.82, 2.24) is 0 Å². The minimum atomic E-state index is -3.69. The van der Waals surface area contributed by atoms with E-state index in [0.717, 1.165) is 11.3 Å². The van der Waals surface area contributed by atoms with E-state index >= 15 is 0 Å². The third-order valence-corrected chi connectivity index (χ3v) is 6.28. The first-order valence-electron chi connectivity index (χ1n) is 7.65. The third kappa shape index (κ3) is 2.24. The fourth-order valence-electron chi connectivity index (χ4n) is 3.17. The van der Waals surface area contributed by atoms with Crippen molar-refractivity contribution < 1.29 is 17.9 Å². The maximum absolute atomic E-state index is 13.2. The molecule has 2 aromatic rings. The van der Waals surface area contributed by atoms with Crippen molar-refractivity contribution in [1.29, 1.82) is 0 Å². The second kappa shape index (κ2) is 5.24. The summed E-state index contributed by atoms with van der Waals surface area (Å²) in [4.78, 5) is 11.6. The van der Waals surface area contributed by atoms with Crippen molar-refractivity contribution in [3.05, 3.63) is 47.5 Å². The van der Waals surface area contributed by atoms with Crippen LogP contribution in [0.25, 0.3) is 0 Å². The second-order valence-electron chi connectivity index (χ2n) is 5.91. The van der Waals surface area contributed by atoms with Crippen LogP contribution in [0.2, 0.25) is 0 Å². The lowest BCUT2D eigenvalue weighted by molar-refractivity contribution is -0.118. The van der Waals surface area contributed by atoms with E-state index in [9.17, 15) is 13.2 Å². The van der Waals surface area contributed by atoms with E-state index < -0.39 is 10.0 Å². The van der Waals surface area contributed by atoms with Gasteiger partial charge in [-0.15, -0.1) is 0 Å². The molecule has 0 bridgehead atoms. The molecule has 0 saturated carbocycles. The van der Waals surface area contributed by atoms with Crippen molar-refractivity contribution in [2.75, 3.05) is 22.8 Å². The summed E-state index contributed by atoms with van der Waals surface area (Å²) in [5.41, 5.74) is 2.83. The van der Waals surface area contributed by atoms with Gasteiger partial charge in [0.05, 0.1) is 16.3 Å². The molecule has 0 aliphatic carbocycles. The lowest BCUT2D eigenvalue weighted by Gasteiger charge is -2.24. The molecule has 4 rings (SSSR count). The number of fused-ring (bicyclic) bond motifs is 2. The number of nitrogens with zero attached hydrogens (tertiary/aromatic N) is 1. The Kier molecular flexibility index (Phi) is 3.28. The molecule has 124 valence electrons. The van der Waals surface area contributed by atoms with Gasteiger partial charge in [-0.25, -0.2) is 8.42 Å². The average molecular weight is 344 g/mol. The topological polar surface area (TPSA) is 75.7 Å². The van der Waals surface area contributed by atoms with Crippen LogP contribution in [0.1, 0.15) is 11.1 Å². The van der Waals surface area contributed by atoms with Gasteiger partial charge in [0.1, 0.15) is 5.75 Å². The third-order valence-electron chi connectivity index (χ3n) is 4.32. The highest BCUT2D eigenvalue weighted by atomic mass is 32.2. The Bertz CT molecular complexity index is 953. The number of nitrogens with one attached hydrogen (secondary N) is 1. The van der Waals surface area contributed by atoms with Gasteiger partial charge in [-0.3, -0.25) is 9.10 Å². The lowest BCUT2D eigenvalue weighted by Crippen LogP contribution is -2.30. The van der Waals surface area contributed by atoms with Crippen LogP contribution in [0.5, 0.6) is 5.75 Å². The van der Waals surface area contributed by atoms with Gasteiger partial charge in [-0.05, 0) is 36.6 Å². The van der Waals surface area contributed by atoms with Gasteiger partial charge in [0.2, 0.25) is 0 Å². The lowest BCUT2D eigenvalue weighted by atomic mass is 10.2. The number of para-hydroxylation sites is 1. The Morgan fingerprint density at radius 1 is 1.21 bits per heavy atom. The van der Waals surface area contributed by atoms with Crippen LogP contribution in [0.15, 0.2) is 41.3 Å². The molecule has 0 unspecified atom stereocenters. The van der Waals surface area contributed by atoms with Gasteiger partial charge in [-0.2, -0.15) is 0 Å². The summed E-state index contributed by atoms with van der Waals surface area (Å²) >= 11 is 0. The number of carbonyl (C=O) groups is 1. The summed E-state index contributed by atoms with van der Waals surface area (Å²) in [7, 11) is -3.69. The van der Waals surface area contributed by atoms with Crippen molar-refractivity contribution >= 4 is 27.3 Å². The maximum Gasteiger partial charge on any atom is 0.264 e. The normalized spacial score (nSPS) is 16.2. The molecule has 2 aliphatic rings. The van der Waals surface area contributed by atoms with Crippen LogP contribution in [-0.2, 0) is 21.2 Å². The number of hydrogen-bond acceptors (Lipinski definition) is 4. The van der Waals surface area contributed by atoms with E-state index in [-0.39, 0.29) is 17.4 Å². The predicted molar refractivity (Wildman–Crippen MR) is 90.0 cm³/mol. The number of sulfonamides is 1. The minimum Gasteiger partial charge on any atom is -0.482 e. The molecular formula is C17H16N2O4S. The number of benzene rings is 2. The van der Waals surface area contributed by atoms with Crippen molar-refractivity contribution in [2.45, 2.75) is 18.2 Å². The maximum atomic E-state index is 13.2. The Morgan fingerprint density at radius 2 is 2.00 bits per heavy atom. The van der Waals surface area contributed by atoms with E-state index in [1.807, 2.05) is 24.3 Å². The van der Waals surface area contributed by atoms with Crippen LogP contribution in [-0.4, -0.2) is 27.5 Å². The fourth-order valence-corrected chi connectivity index (χ4v) is 4.90. The molecule has 6 nitrogen and oxygen atoms in total. The monoisotopic (exact) mass is 344 g/mol. The van der Waals surface area contributed by atoms with Crippen molar-refractivity contribution in [2.24, 2.45) is 0 Å². The number of anilines is 2. The van der Waals surface area contributed by atoms with Crippen molar-refractivity contribution in [3.8, 4) is 5.75 Å². The molecule has 0 spiro atoms. The van der Waals surface area contributed by atoms with Crippen molar-refractivity contribution in [3.63, 3.8) is 0 Å². The molecule has 0 atom stereocenters. The molecule has 2 heterocycles. The Morgan fingerprint density at radius 3 is 2.83 bits per heavy atom. The van der Waals surface area contributed by atoms with Gasteiger partial charge in [-0.1, -0.05) is 18.2 Å². The molecule has 1 amide bonds. The summed E-state index contributed by atoms with van der Waals surface area (Å²) in [5.74, 6) is 0.136. The smallest absolute Gasteiger partial charge is 0.264 e. The van der Waals surface area contributed by atoms with Gasteiger partial charge in [0.25, 0.3) is 15.9 Å². The summed E-state index contributed by atoms with van der Waals surface area (Å²) < 4.78 is 33.1. The Balaban J connectivity index is 1.80. The van der Waals surface area contributed by atoms with Gasteiger partial charge in [0.15, 0.2) is 6.61 Å². The Hall–Kier alpha value is -2.54. The molecule has 7 heteroatoms. The van der Waals surface area contributed by atoms with E-state index in [1.165, 1.54) is 10.4 Å². The van der Waals surface area contributed by atoms with Crippen LogP contribution in [0.4, 0.5) is 11.4 Å². The number of amides is 1. The molecule has 24 heavy (non-hydrogen) atoms. The van der Waals surface area contributed by atoms with Gasteiger partial charge in [0, 0.05) is 12.6 Å². The molecule has 0 aromatic heterocycles. The largest absolute Gasteiger partial charge is 0.482 e. The quantitative estimate of drug-likeness (QED) is 0.905. The highest BCUT2D eigenvalue weighted by Crippen LogP contribution is 2.37. The number of aryl methyl sites for hydroxylation is 1. The van der Waals surface area contributed by atoms with E-state index in [4.69, 9.17) is 4.74 Å². The van der Waals surface area contributed by atoms with Crippen LogP contribution < -0.4 is 14.4 Å². The first-order valence-corrected chi connectivity index (χ1v) is 9.09. The van der Waals surface area contributed by atoms with E-state index in [2.05, 4.69) is 5.32 Å². The number of rotatable bonds is 2. The first kappa shape index (κ1) is 15.0. The summed E-state index contributed by atoms with van der Waals surface area (Å²) in [5, 5.41) is 2.69. The predicted octanol–water partition coefficient (Wildman–Crippen LogP) is 2.08. The molecule has 2 aliphatic heterocycles. The SMILES string of the molecule is Cc1cc2c(cc1S(=O)(=O)N1CCc3ccccc31)OCC(=O)N2. The molecule has 2 aromatic carbocycles. The highest BCUT2D eigenvalue weighted by molar-refractivity contribution is 7.93. The Labute approximate surface area is 140 Å². The zero-order valence-corrected chi connectivity index (χ0v) is 13.9. The summed E-state index contributed by atoms with van der Waals surface area (Å²) in [6, 6.07) is 10.7. The molecule has 1 N–H and O–H groups in total. The molecule has 0 radical (unpaired) electrons. The zero-order valence-electron chi connectivity index (χ0n) is 13.1. The van der Waals surface area contributed by atoms with E-state index in [1.54, 1.807) is 13.0 Å². The highest BCUT2D eigenvalue weighted by Gasteiger charge is 2.33. The first-order chi connectivity index (χ1) is 11.5. The van der Waals surface area contributed by atoms with E-state index in [0.29, 0.717) is 30.0 Å². The zero-order chi connectivity index (χ0) is 16.9. The van der Waals surface area contributed by atoms with Crippen LogP contribution in [0, 0.1) is 6.92 Å². The number of hydrogen-bond donors (Lipinski definition) is 1. The fraction of sp³-hybridized carbons (Fsp3) is 0.235. The summed E-state index contributed by atoms with van der Waals surface area (Å²) in [6.07, 6.45) is 0.700. The number of ether oxygens (including phenoxy) is 1. The van der Waals surface area contributed by atoms with Crippen LogP contribution >= 0.6 is 0 Å². The standard InChI is InChI=1S/C17H16N2O4S/c1-11-8-13-15(23-10-17(20)18-13)9-16(11)24(21,22)19-7-6-12-4-2-3-5-14(12)19/h2-5,8-9H,6-7,10H2,1H3,(H,18,20). The second-order valence-corrected chi connectivity index (χ2v) is 7.74. The van der Waals surface area contributed by atoms with Gasteiger partial charge < -0.3 is 10.1 Å². The molecule has 0 fully saturated rings. The molecule has 0 saturated heterocycles.